The van der Waals surface area contributed by atoms with Gasteiger partial charge in [-0.05, 0) is 48.9 Å². The summed E-state index contributed by atoms with van der Waals surface area (Å²) in [6.45, 7) is 0. The molecule has 1 aromatic carbocycles. The number of urea groups is 1. The monoisotopic (exact) mass is 266 g/mol. The van der Waals surface area contributed by atoms with Crippen LogP contribution in [-0.2, 0) is 0 Å². The van der Waals surface area contributed by atoms with Crippen molar-refractivity contribution < 1.29 is 9.90 Å². The molecular formula is C13H15ClN2O2. The van der Waals surface area contributed by atoms with Crippen molar-refractivity contribution in [3.8, 4) is 0 Å². The van der Waals surface area contributed by atoms with Crippen LogP contribution in [0.5, 0.6) is 0 Å². The van der Waals surface area contributed by atoms with Crippen molar-refractivity contribution in [1.82, 2.24) is 5.32 Å². The molecule has 0 spiro atoms. The number of halogens is 1. The van der Waals surface area contributed by atoms with Crippen LogP contribution in [0.4, 0.5) is 10.5 Å². The molecule has 0 bridgehead atoms. The fourth-order valence-corrected chi connectivity index (χ4v) is 3.00. The Kier molecular flexibility index (Phi) is 2.92. The standard InChI is InChI=1S/C13H15ClN2O2/c14-7-1-3-8(4-2-7)15-13(18)16-12-10-5-9(17)6-11(10)12/h1-4,9-12,17H,5-6H2,(H2,15,16,18)/t9-,10+,11-,12-. The zero-order valence-corrected chi connectivity index (χ0v) is 10.5. The second kappa shape index (κ2) is 4.44. The first-order valence-corrected chi connectivity index (χ1v) is 6.52. The summed E-state index contributed by atoms with van der Waals surface area (Å²) in [6.07, 6.45) is 1.46. The Labute approximate surface area is 110 Å². The van der Waals surface area contributed by atoms with Gasteiger partial charge in [-0.1, -0.05) is 11.6 Å². The van der Waals surface area contributed by atoms with Crippen LogP contribution in [0.3, 0.4) is 0 Å². The maximum Gasteiger partial charge on any atom is 0.319 e. The highest BCUT2D eigenvalue weighted by atomic mass is 35.5. The summed E-state index contributed by atoms with van der Waals surface area (Å²) < 4.78 is 0. The highest BCUT2D eigenvalue weighted by molar-refractivity contribution is 6.30. The lowest BCUT2D eigenvalue weighted by Crippen LogP contribution is -2.33. The summed E-state index contributed by atoms with van der Waals surface area (Å²) in [5, 5.41) is 15.8. The van der Waals surface area contributed by atoms with Crippen LogP contribution in [0.15, 0.2) is 24.3 Å². The molecule has 0 aliphatic heterocycles. The molecule has 0 aromatic heterocycles. The van der Waals surface area contributed by atoms with Gasteiger partial charge in [0, 0.05) is 16.8 Å². The Bertz CT molecular complexity index is 451. The number of fused-ring (bicyclic) bond motifs is 1. The third kappa shape index (κ3) is 2.31. The van der Waals surface area contributed by atoms with Crippen LogP contribution in [0.2, 0.25) is 5.02 Å². The summed E-state index contributed by atoms with van der Waals surface area (Å²) in [6, 6.07) is 7.05. The van der Waals surface area contributed by atoms with Gasteiger partial charge in [-0.2, -0.15) is 0 Å². The van der Waals surface area contributed by atoms with Crippen molar-refractivity contribution >= 4 is 23.3 Å². The Morgan fingerprint density at radius 1 is 1.22 bits per heavy atom. The van der Waals surface area contributed by atoms with E-state index in [9.17, 15) is 9.90 Å². The predicted octanol–water partition coefficient (Wildman–Crippen LogP) is 2.23. The summed E-state index contributed by atoms with van der Waals surface area (Å²) in [5.74, 6) is 0.937. The topological polar surface area (TPSA) is 61.4 Å². The molecule has 2 fully saturated rings. The van der Waals surface area contributed by atoms with Crippen LogP contribution in [0.1, 0.15) is 12.8 Å². The lowest BCUT2D eigenvalue weighted by Gasteiger charge is -2.11. The molecule has 0 unspecified atom stereocenters. The van der Waals surface area contributed by atoms with E-state index in [1.54, 1.807) is 24.3 Å². The predicted molar refractivity (Wildman–Crippen MR) is 69.6 cm³/mol. The zero-order chi connectivity index (χ0) is 12.7. The number of hydrogen-bond donors (Lipinski definition) is 3. The van der Waals surface area contributed by atoms with Crippen LogP contribution < -0.4 is 10.6 Å². The molecule has 2 amide bonds. The lowest BCUT2D eigenvalue weighted by molar-refractivity contribution is 0.163. The third-order valence-electron chi connectivity index (χ3n) is 3.82. The van der Waals surface area contributed by atoms with E-state index in [1.165, 1.54) is 0 Å². The SMILES string of the molecule is O=C(Nc1ccc(Cl)cc1)N[C@H]1[C@@H]2C[C@H](O)C[C@@H]21. The number of aliphatic hydroxyl groups is 1. The molecule has 5 heteroatoms. The van der Waals surface area contributed by atoms with E-state index >= 15 is 0 Å². The third-order valence-corrected chi connectivity index (χ3v) is 4.07. The highest BCUT2D eigenvalue weighted by Crippen LogP contribution is 2.51. The van der Waals surface area contributed by atoms with Crippen LogP contribution >= 0.6 is 11.6 Å². The number of nitrogens with one attached hydrogen (secondary N) is 2. The number of rotatable bonds is 2. The zero-order valence-electron chi connectivity index (χ0n) is 9.77. The minimum atomic E-state index is -0.189. The van der Waals surface area contributed by atoms with Crippen molar-refractivity contribution in [2.75, 3.05) is 5.32 Å². The highest BCUT2D eigenvalue weighted by Gasteiger charge is 2.56. The molecule has 0 heterocycles. The van der Waals surface area contributed by atoms with Gasteiger partial charge in [-0.25, -0.2) is 4.79 Å². The van der Waals surface area contributed by atoms with Crippen molar-refractivity contribution in [2.45, 2.75) is 25.0 Å². The second-order valence-corrected chi connectivity index (χ2v) is 5.52. The first-order valence-electron chi connectivity index (χ1n) is 6.14. The first kappa shape index (κ1) is 11.8. The fourth-order valence-electron chi connectivity index (χ4n) is 2.88. The number of aliphatic hydroxyl groups excluding tert-OH is 1. The summed E-state index contributed by atoms with van der Waals surface area (Å²) in [4.78, 5) is 11.7. The Hall–Kier alpha value is -1.26. The molecule has 0 radical (unpaired) electrons. The maximum atomic E-state index is 11.7. The molecule has 4 nitrogen and oxygen atoms in total. The molecule has 3 N–H and O–H groups in total. The Balaban J connectivity index is 1.50. The number of benzene rings is 1. The van der Waals surface area contributed by atoms with Crippen molar-refractivity contribution in [1.29, 1.82) is 0 Å². The molecule has 2 saturated carbocycles. The van der Waals surface area contributed by atoms with E-state index in [-0.39, 0.29) is 18.2 Å². The van der Waals surface area contributed by atoms with E-state index in [0.29, 0.717) is 16.9 Å². The van der Waals surface area contributed by atoms with Gasteiger partial charge in [-0.15, -0.1) is 0 Å². The van der Waals surface area contributed by atoms with Crippen molar-refractivity contribution in [3.05, 3.63) is 29.3 Å². The molecule has 2 aliphatic carbocycles. The Morgan fingerprint density at radius 2 is 1.83 bits per heavy atom. The lowest BCUT2D eigenvalue weighted by atomic mass is 10.2. The summed E-state index contributed by atoms with van der Waals surface area (Å²) >= 11 is 5.77. The number of carbonyl (C=O) groups is 1. The largest absolute Gasteiger partial charge is 0.393 e. The normalized spacial score (nSPS) is 32.8. The van der Waals surface area contributed by atoms with Gasteiger partial charge in [0.15, 0.2) is 0 Å². The van der Waals surface area contributed by atoms with Gasteiger partial charge in [0.2, 0.25) is 0 Å². The first-order chi connectivity index (χ1) is 8.63. The van der Waals surface area contributed by atoms with Gasteiger partial charge in [-0.3, -0.25) is 0 Å². The molecule has 18 heavy (non-hydrogen) atoms. The van der Waals surface area contributed by atoms with Crippen molar-refractivity contribution in [3.63, 3.8) is 0 Å². The summed E-state index contributed by atoms with van der Waals surface area (Å²) in [5.41, 5.74) is 0.725. The van der Waals surface area contributed by atoms with Gasteiger partial charge in [0.05, 0.1) is 6.10 Å². The summed E-state index contributed by atoms with van der Waals surface area (Å²) in [7, 11) is 0. The van der Waals surface area contributed by atoms with Crippen LogP contribution in [-0.4, -0.2) is 23.3 Å². The average Bonchev–Trinajstić information content (AvgIpc) is 2.79. The number of carbonyl (C=O) groups excluding carboxylic acids is 1. The minimum absolute atomic E-state index is 0.169. The molecule has 3 rings (SSSR count). The van der Waals surface area contributed by atoms with E-state index in [2.05, 4.69) is 10.6 Å². The fraction of sp³-hybridized carbons (Fsp3) is 0.462. The van der Waals surface area contributed by atoms with Crippen LogP contribution in [0, 0.1) is 11.8 Å². The molecule has 2 aliphatic rings. The molecule has 1 aromatic rings. The van der Waals surface area contributed by atoms with Gasteiger partial charge in [0.25, 0.3) is 0 Å². The Morgan fingerprint density at radius 3 is 2.44 bits per heavy atom. The number of hydrogen-bond acceptors (Lipinski definition) is 2. The number of anilines is 1. The molecule has 96 valence electrons. The smallest absolute Gasteiger partial charge is 0.319 e. The molecule has 0 saturated heterocycles. The van der Waals surface area contributed by atoms with E-state index in [4.69, 9.17) is 11.6 Å². The van der Waals surface area contributed by atoms with E-state index < -0.39 is 0 Å². The van der Waals surface area contributed by atoms with Gasteiger partial charge < -0.3 is 15.7 Å². The molecular weight excluding hydrogens is 252 g/mol. The quantitative estimate of drug-likeness (QED) is 0.769. The van der Waals surface area contributed by atoms with E-state index in [1.807, 2.05) is 0 Å². The van der Waals surface area contributed by atoms with E-state index in [0.717, 1.165) is 18.5 Å². The van der Waals surface area contributed by atoms with Gasteiger partial charge in [0.1, 0.15) is 0 Å². The average molecular weight is 267 g/mol. The second-order valence-electron chi connectivity index (χ2n) is 5.08. The number of amides is 2. The maximum absolute atomic E-state index is 11.7. The van der Waals surface area contributed by atoms with Gasteiger partial charge >= 0.3 is 6.03 Å². The van der Waals surface area contributed by atoms with Crippen molar-refractivity contribution in [2.24, 2.45) is 11.8 Å². The molecule has 4 atom stereocenters. The van der Waals surface area contributed by atoms with Crippen LogP contribution in [0.25, 0.3) is 0 Å². The minimum Gasteiger partial charge on any atom is -0.393 e.